The van der Waals surface area contributed by atoms with Crippen LogP contribution in [0.25, 0.3) is 0 Å². The molecule has 0 radical (unpaired) electrons. The van der Waals surface area contributed by atoms with Gasteiger partial charge in [-0.15, -0.1) is 0 Å². The molecule has 2 aliphatic rings. The van der Waals surface area contributed by atoms with Gasteiger partial charge in [0, 0.05) is 25.7 Å². The van der Waals surface area contributed by atoms with E-state index in [0.717, 1.165) is 5.92 Å². The van der Waals surface area contributed by atoms with E-state index in [-0.39, 0.29) is 0 Å². The molecule has 2 heteroatoms. The molecule has 1 N–H and O–H groups in total. The Labute approximate surface area is 114 Å². The molecule has 1 unspecified atom stereocenters. The van der Waals surface area contributed by atoms with Gasteiger partial charge in [-0.1, -0.05) is 46.5 Å². The van der Waals surface area contributed by atoms with Crippen LogP contribution in [0.2, 0.25) is 0 Å². The molecule has 1 aliphatic carbocycles. The van der Waals surface area contributed by atoms with Gasteiger partial charge in [-0.3, -0.25) is 0 Å². The molecule has 1 heterocycles. The van der Waals surface area contributed by atoms with Crippen molar-refractivity contribution < 1.29 is 0 Å². The van der Waals surface area contributed by atoms with Crippen LogP contribution in [0.15, 0.2) is 0 Å². The Kier molecular flexibility index (Phi) is 5.08. The lowest BCUT2D eigenvalue weighted by molar-refractivity contribution is 0.131. The van der Waals surface area contributed by atoms with Gasteiger partial charge in [0.15, 0.2) is 0 Å². The number of nitrogens with one attached hydrogen (secondary N) is 1. The number of rotatable bonds is 4. The Bertz CT molecular complexity index is 238. The van der Waals surface area contributed by atoms with Crippen LogP contribution in [-0.2, 0) is 0 Å². The van der Waals surface area contributed by atoms with Gasteiger partial charge in [0.25, 0.3) is 0 Å². The Hall–Kier alpha value is -0.0800. The number of hydrogen-bond donors (Lipinski definition) is 1. The lowest BCUT2D eigenvalue weighted by Gasteiger charge is -2.40. The molecule has 0 amide bonds. The maximum absolute atomic E-state index is 3.68. The summed E-state index contributed by atoms with van der Waals surface area (Å²) in [6.45, 7) is 12.0. The zero-order chi connectivity index (χ0) is 13.0. The van der Waals surface area contributed by atoms with Crippen LogP contribution in [0.3, 0.4) is 0 Å². The molecule has 0 aromatic rings. The molecule has 2 nitrogen and oxygen atoms in total. The van der Waals surface area contributed by atoms with E-state index in [1.54, 1.807) is 0 Å². The van der Waals surface area contributed by atoms with Crippen molar-refractivity contribution in [2.45, 2.75) is 65.3 Å². The van der Waals surface area contributed by atoms with Crippen LogP contribution in [-0.4, -0.2) is 37.1 Å². The van der Waals surface area contributed by atoms with Crippen molar-refractivity contribution in [3.05, 3.63) is 0 Å². The molecular formula is C16H32N2. The lowest BCUT2D eigenvalue weighted by atomic mass is 9.85. The minimum Gasteiger partial charge on any atom is -0.311 e. The highest BCUT2D eigenvalue weighted by Gasteiger charge is 2.28. The van der Waals surface area contributed by atoms with Gasteiger partial charge < -0.3 is 10.2 Å². The first-order valence-electron chi connectivity index (χ1n) is 8.01. The number of piperazine rings is 1. The number of hydrogen-bond acceptors (Lipinski definition) is 2. The highest BCUT2D eigenvalue weighted by atomic mass is 15.2. The fraction of sp³-hybridized carbons (Fsp3) is 1.00. The van der Waals surface area contributed by atoms with Crippen molar-refractivity contribution in [1.29, 1.82) is 0 Å². The smallest absolute Gasteiger partial charge is 0.0244 e. The molecule has 0 aromatic carbocycles. The van der Waals surface area contributed by atoms with Crippen molar-refractivity contribution in [3.8, 4) is 0 Å². The average molecular weight is 252 g/mol. The van der Waals surface area contributed by atoms with E-state index < -0.39 is 0 Å². The topological polar surface area (TPSA) is 15.3 Å². The summed E-state index contributed by atoms with van der Waals surface area (Å²) < 4.78 is 0. The van der Waals surface area contributed by atoms with Crippen molar-refractivity contribution in [1.82, 2.24) is 10.2 Å². The molecular weight excluding hydrogens is 220 g/mol. The van der Waals surface area contributed by atoms with Crippen LogP contribution in [0.1, 0.15) is 59.3 Å². The van der Waals surface area contributed by atoms with E-state index in [4.69, 9.17) is 0 Å². The zero-order valence-electron chi connectivity index (χ0n) is 12.7. The van der Waals surface area contributed by atoms with Gasteiger partial charge in [-0.2, -0.15) is 0 Å². The predicted octanol–water partition coefficient (Wildman–Crippen LogP) is 3.28. The summed E-state index contributed by atoms with van der Waals surface area (Å²) in [7, 11) is 0. The van der Waals surface area contributed by atoms with Crippen molar-refractivity contribution in [3.63, 3.8) is 0 Å². The first-order valence-corrected chi connectivity index (χ1v) is 8.01. The summed E-state index contributed by atoms with van der Waals surface area (Å²) in [5.41, 5.74) is 0.393. The molecule has 1 saturated heterocycles. The second-order valence-corrected chi connectivity index (χ2v) is 7.47. The van der Waals surface area contributed by atoms with E-state index >= 15 is 0 Å². The lowest BCUT2D eigenvalue weighted by Crippen LogP contribution is -2.55. The Balaban J connectivity index is 1.66. The molecule has 0 spiro atoms. The van der Waals surface area contributed by atoms with Gasteiger partial charge in [-0.05, 0) is 30.7 Å². The maximum Gasteiger partial charge on any atom is 0.0244 e. The molecule has 18 heavy (non-hydrogen) atoms. The fourth-order valence-corrected chi connectivity index (χ4v) is 3.50. The first kappa shape index (κ1) is 14.3. The van der Waals surface area contributed by atoms with Gasteiger partial charge in [0.05, 0.1) is 0 Å². The van der Waals surface area contributed by atoms with Gasteiger partial charge >= 0.3 is 0 Å². The Morgan fingerprint density at radius 1 is 1.17 bits per heavy atom. The fourth-order valence-electron chi connectivity index (χ4n) is 3.50. The maximum atomic E-state index is 3.68. The van der Waals surface area contributed by atoms with E-state index in [0.29, 0.717) is 11.5 Å². The summed E-state index contributed by atoms with van der Waals surface area (Å²) >= 11 is 0. The minimum atomic E-state index is 0.393. The van der Waals surface area contributed by atoms with Crippen molar-refractivity contribution >= 4 is 0 Å². The standard InChI is InChI=1S/C16H32N2/c1-16(2,3)15-13-18(12-10-17-15)11-6-9-14-7-4-5-8-14/h14-15,17H,4-13H2,1-3H3. The Morgan fingerprint density at radius 2 is 1.89 bits per heavy atom. The molecule has 2 rings (SSSR count). The third-order valence-electron chi connectivity index (χ3n) is 4.87. The summed E-state index contributed by atoms with van der Waals surface area (Å²) in [5.74, 6) is 1.06. The first-order chi connectivity index (χ1) is 8.55. The zero-order valence-corrected chi connectivity index (χ0v) is 12.7. The van der Waals surface area contributed by atoms with Crippen LogP contribution in [0, 0.1) is 11.3 Å². The highest BCUT2D eigenvalue weighted by molar-refractivity contribution is 4.87. The third-order valence-corrected chi connectivity index (χ3v) is 4.87. The molecule has 2 fully saturated rings. The Morgan fingerprint density at radius 3 is 2.56 bits per heavy atom. The molecule has 1 aliphatic heterocycles. The quantitative estimate of drug-likeness (QED) is 0.826. The number of nitrogens with zero attached hydrogens (tertiary/aromatic N) is 1. The largest absolute Gasteiger partial charge is 0.311 e. The normalized spacial score (nSPS) is 27.8. The third kappa shape index (κ3) is 4.24. The van der Waals surface area contributed by atoms with E-state index in [2.05, 4.69) is 31.0 Å². The monoisotopic (exact) mass is 252 g/mol. The summed E-state index contributed by atoms with van der Waals surface area (Å²) in [4.78, 5) is 2.68. The molecule has 1 saturated carbocycles. The second-order valence-electron chi connectivity index (χ2n) is 7.47. The van der Waals surface area contributed by atoms with E-state index in [9.17, 15) is 0 Å². The van der Waals surface area contributed by atoms with Gasteiger partial charge in [-0.25, -0.2) is 0 Å². The molecule has 0 bridgehead atoms. The highest BCUT2D eigenvalue weighted by Crippen LogP contribution is 2.28. The average Bonchev–Trinajstić information content (AvgIpc) is 2.81. The van der Waals surface area contributed by atoms with Crippen LogP contribution >= 0.6 is 0 Å². The van der Waals surface area contributed by atoms with Crippen LogP contribution < -0.4 is 5.32 Å². The van der Waals surface area contributed by atoms with E-state index in [1.807, 2.05) is 0 Å². The van der Waals surface area contributed by atoms with E-state index in [1.165, 1.54) is 64.7 Å². The van der Waals surface area contributed by atoms with Gasteiger partial charge in [0.2, 0.25) is 0 Å². The van der Waals surface area contributed by atoms with Crippen molar-refractivity contribution in [2.75, 3.05) is 26.2 Å². The summed E-state index contributed by atoms with van der Waals surface area (Å²) in [6.07, 6.45) is 8.89. The minimum absolute atomic E-state index is 0.393. The van der Waals surface area contributed by atoms with Crippen LogP contribution in [0.4, 0.5) is 0 Å². The van der Waals surface area contributed by atoms with Gasteiger partial charge in [0.1, 0.15) is 0 Å². The van der Waals surface area contributed by atoms with Crippen molar-refractivity contribution in [2.24, 2.45) is 11.3 Å². The summed E-state index contributed by atoms with van der Waals surface area (Å²) in [6, 6.07) is 0.665. The molecule has 1 atom stereocenters. The second kappa shape index (κ2) is 6.38. The molecule has 106 valence electrons. The SMILES string of the molecule is CC(C)(C)C1CN(CCCC2CCCC2)CCN1. The molecule has 0 aromatic heterocycles. The predicted molar refractivity (Wildman–Crippen MR) is 78.9 cm³/mol. The van der Waals surface area contributed by atoms with Crippen LogP contribution in [0.5, 0.6) is 0 Å². The summed E-state index contributed by atoms with van der Waals surface area (Å²) in [5, 5.41) is 3.68.